The maximum Gasteiger partial charge on any atom is 0.149 e. The Hall–Kier alpha value is -1.71. The fourth-order valence-corrected chi connectivity index (χ4v) is 3.94. The molecule has 1 aliphatic carbocycles. The standard InChI is InChI=1S/C16H18FN3/c17-13-6-3-5-12-15(13)18-10-19-16(12)20-9-8-11-4-1-2-7-14(11)20/h3,5-6,10-11,14H,1-2,4,7-9H2. The molecule has 1 aromatic heterocycles. The molecule has 0 amide bonds. The molecule has 2 atom stereocenters. The highest BCUT2D eigenvalue weighted by atomic mass is 19.1. The minimum Gasteiger partial charge on any atom is -0.353 e. The predicted octanol–water partition coefficient (Wildman–Crippen LogP) is 3.54. The molecule has 104 valence electrons. The van der Waals surface area contributed by atoms with E-state index in [4.69, 9.17) is 0 Å². The lowest BCUT2D eigenvalue weighted by Crippen LogP contribution is -2.35. The zero-order valence-electron chi connectivity index (χ0n) is 11.4. The first-order valence-corrected chi connectivity index (χ1v) is 7.50. The quantitative estimate of drug-likeness (QED) is 0.794. The third-order valence-corrected chi connectivity index (χ3v) is 4.88. The summed E-state index contributed by atoms with van der Waals surface area (Å²) in [6, 6.07) is 5.74. The molecule has 2 aliphatic rings. The minimum absolute atomic E-state index is 0.259. The zero-order valence-corrected chi connectivity index (χ0v) is 11.4. The second-order valence-electron chi connectivity index (χ2n) is 5.93. The molecular formula is C16H18FN3. The summed E-state index contributed by atoms with van der Waals surface area (Å²) in [4.78, 5) is 11.0. The van der Waals surface area contributed by atoms with Gasteiger partial charge in [0, 0.05) is 18.0 Å². The van der Waals surface area contributed by atoms with Crippen molar-refractivity contribution in [3.63, 3.8) is 0 Å². The average Bonchev–Trinajstić information content (AvgIpc) is 2.91. The molecule has 2 unspecified atom stereocenters. The molecule has 0 spiro atoms. The van der Waals surface area contributed by atoms with Gasteiger partial charge in [-0.05, 0) is 37.3 Å². The van der Waals surface area contributed by atoms with Crippen LogP contribution >= 0.6 is 0 Å². The molecule has 4 rings (SSSR count). The van der Waals surface area contributed by atoms with Crippen LogP contribution in [0.2, 0.25) is 0 Å². The van der Waals surface area contributed by atoms with Gasteiger partial charge >= 0.3 is 0 Å². The van der Waals surface area contributed by atoms with Gasteiger partial charge in [-0.1, -0.05) is 18.9 Å². The van der Waals surface area contributed by atoms with E-state index >= 15 is 0 Å². The van der Waals surface area contributed by atoms with E-state index in [0.717, 1.165) is 23.7 Å². The number of aromatic nitrogens is 2. The van der Waals surface area contributed by atoms with Crippen molar-refractivity contribution in [2.75, 3.05) is 11.4 Å². The topological polar surface area (TPSA) is 29.0 Å². The van der Waals surface area contributed by atoms with E-state index in [2.05, 4.69) is 14.9 Å². The van der Waals surface area contributed by atoms with E-state index in [-0.39, 0.29) is 5.82 Å². The predicted molar refractivity (Wildman–Crippen MR) is 77.2 cm³/mol. The number of fused-ring (bicyclic) bond motifs is 2. The number of hydrogen-bond acceptors (Lipinski definition) is 3. The van der Waals surface area contributed by atoms with Crippen molar-refractivity contribution in [2.24, 2.45) is 5.92 Å². The number of benzene rings is 1. The minimum atomic E-state index is -0.259. The SMILES string of the molecule is Fc1cccc2c(N3CCC4CCCCC43)ncnc12. The first-order chi connectivity index (χ1) is 9.84. The summed E-state index contributed by atoms with van der Waals surface area (Å²) in [5.41, 5.74) is 0.441. The summed E-state index contributed by atoms with van der Waals surface area (Å²) < 4.78 is 13.9. The van der Waals surface area contributed by atoms with E-state index in [1.165, 1.54) is 44.5 Å². The van der Waals surface area contributed by atoms with Crippen LogP contribution in [-0.2, 0) is 0 Å². The van der Waals surface area contributed by atoms with Crippen LogP contribution < -0.4 is 4.90 Å². The second kappa shape index (κ2) is 4.69. The fourth-order valence-electron chi connectivity index (χ4n) is 3.94. The molecule has 20 heavy (non-hydrogen) atoms. The van der Waals surface area contributed by atoms with E-state index in [1.807, 2.05) is 6.07 Å². The van der Waals surface area contributed by atoms with Crippen LogP contribution in [0.25, 0.3) is 10.9 Å². The third-order valence-electron chi connectivity index (χ3n) is 4.88. The number of para-hydroxylation sites is 1. The Morgan fingerprint density at radius 2 is 2.00 bits per heavy atom. The molecule has 0 N–H and O–H groups in total. The van der Waals surface area contributed by atoms with Crippen LogP contribution in [-0.4, -0.2) is 22.6 Å². The van der Waals surface area contributed by atoms with Crippen molar-refractivity contribution >= 4 is 16.7 Å². The average molecular weight is 271 g/mol. The molecule has 2 aromatic rings. The molecule has 1 aliphatic heterocycles. The van der Waals surface area contributed by atoms with Crippen molar-refractivity contribution in [2.45, 2.75) is 38.1 Å². The van der Waals surface area contributed by atoms with Gasteiger partial charge in [-0.15, -0.1) is 0 Å². The summed E-state index contributed by atoms with van der Waals surface area (Å²) in [5.74, 6) is 1.46. The van der Waals surface area contributed by atoms with E-state index in [9.17, 15) is 4.39 Å². The van der Waals surface area contributed by atoms with Crippen molar-refractivity contribution < 1.29 is 4.39 Å². The van der Waals surface area contributed by atoms with Gasteiger partial charge in [-0.3, -0.25) is 0 Å². The maximum absolute atomic E-state index is 13.9. The Bertz CT molecular complexity index is 643. The van der Waals surface area contributed by atoms with Gasteiger partial charge in [0.2, 0.25) is 0 Å². The Labute approximate surface area is 117 Å². The van der Waals surface area contributed by atoms with Crippen LogP contribution in [0.4, 0.5) is 10.2 Å². The van der Waals surface area contributed by atoms with Crippen LogP contribution in [0.1, 0.15) is 32.1 Å². The molecule has 2 heterocycles. The third kappa shape index (κ3) is 1.78. The smallest absolute Gasteiger partial charge is 0.149 e. The number of hydrogen-bond donors (Lipinski definition) is 0. The van der Waals surface area contributed by atoms with Crippen LogP contribution in [0.5, 0.6) is 0 Å². The molecule has 3 nitrogen and oxygen atoms in total. The Balaban J connectivity index is 1.80. The van der Waals surface area contributed by atoms with Gasteiger partial charge in [-0.25, -0.2) is 14.4 Å². The summed E-state index contributed by atoms with van der Waals surface area (Å²) in [7, 11) is 0. The Kier molecular flexibility index (Phi) is 2.83. The Morgan fingerprint density at radius 3 is 2.95 bits per heavy atom. The lowest BCUT2D eigenvalue weighted by atomic mass is 9.85. The van der Waals surface area contributed by atoms with Crippen LogP contribution in [0.15, 0.2) is 24.5 Å². The lowest BCUT2D eigenvalue weighted by molar-refractivity contribution is 0.341. The second-order valence-corrected chi connectivity index (χ2v) is 5.93. The molecule has 0 radical (unpaired) electrons. The van der Waals surface area contributed by atoms with Crippen molar-refractivity contribution in [1.29, 1.82) is 0 Å². The van der Waals surface area contributed by atoms with Gasteiger partial charge < -0.3 is 4.90 Å². The van der Waals surface area contributed by atoms with E-state index in [1.54, 1.807) is 6.07 Å². The summed E-state index contributed by atoms with van der Waals surface area (Å²) in [6.45, 7) is 1.04. The molecule has 0 bridgehead atoms. The first kappa shape index (κ1) is 12.1. The number of anilines is 1. The van der Waals surface area contributed by atoms with Gasteiger partial charge in [0.25, 0.3) is 0 Å². The molecule has 4 heteroatoms. The van der Waals surface area contributed by atoms with Crippen LogP contribution in [0, 0.1) is 11.7 Å². The van der Waals surface area contributed by atoms with Crippen molar-refractivity contribution in [3.05, 3.63) is 30.3 Å². The van der Waals surface area contributed by atoms with Gasteiger partial charge in [0.05, 0.1) is 0 Å². The highest BCUT2D eigenvalue weighted by Gasteiger charge is 2.36. The monoisotopic (exact) mass is 271 g/mol. The molecular weight excluding hydrogens is 253 g/mol. The van der Waals surface area contributed by atoms with Crippen LogP contribution in [0.3, 0.4) is 0 Å². The van der Waals surface area contributed by atoms with Gasteiger partial charge in [-0.2, -0.15) is 0 Å². The molecule has 1 saturated carbocycles. The van der Waals surface area contributed by atoms with Crippen molar-refractivity contribution in [3.8, 4) is 0 Å². The van der Waals surface area contributed by atoms with Gasteiger partial charge in [0.1, 0.15) is 23.5 Å². The largest absolute Gasteiger partial charge is 0.353 e. The zero-order chi connectivity index (χ0) is 13.5. The van der Waals surface area contributed by atoms with Crippen molar-refractivity contribution in [1.82, 2.24) is 9.97 Å². The highest BCUT2D eigenvalue weighted by molar-refractivity contribution is 5.89. The maximum atomic E-state index is 13.9. The summed E-state index contributed by atoms with van der Waals surface area (Å²) in [6.07, 6.45) is 7.97. The summed E-state index contributed by atoms with van der Waals surface area (Å²) in [5, 5.41) is 0.846. The normalized spacial score (nSPS) is 25.9. The summed E-state index contributed by atoms with van der Waals surface area (Å²) >= 11 is 0. The van der Waals surface area contributed by atoms with E-state index in [0.29, 0.717) is 11.6 Å². The number of rotatable bonds is 1. The number of nitrogens with zero attached hydrogens (tertiary/aromatic N) is 3. The van der Waals surface area contributed by atoms with Gasteiger partial charge in [0.15, 0.2) is 0 Å². The lowest BCUT2D eigenvalue weighted by Gasteiger charge is -2.32. The van der Waals surface area contributed by atoms with E-state index < -0.39 is 0 Å². The Morgan fingerprint density at radius 1 is 1.10 bits per heavy atom. The highest BCUT2D eigenvalue weighted by Crippen LogP contribution is 2.39. The first-order valence-electron chi connectivity index (χ1n) is 7.50. The molecule has 1 saturated heterocycles. The number of halogens is 1. The molecule has 2 fully saturated rings. The molecule has 1 aromatic carbocycles. The fraction of sp³-hybridized carbons (Fsp3) is 0.500.